The Morgan fingerprint density at radius 2 is 1.93 bits per heavy atom. The highest BCUT2D eigenvalue weighted by molar-refractivity contribution is 5.16. The minimum atomic E-state index is -0.195. The lowest BCUT2D eigenvalue weighted by Gasteiger charge is -2.04. The topological polar surface area (TPSA) is 35.2 Å². The Bertz CT molecular complexity index is 278. The van der Waals surface area contributed by atoms with Crippen LogP contribution >= 0.6 is 0 Å². The van der Waals surface area contributed by atoms with E-state index in [2.05, 4.69) is 0 Å². The van der Waals surface area contributed by atoms with Gasteiger partial charge in [0.2, 0.25) is 0 Å². The molecule has 0 atom stereocenters. The molecule has 1 aromatic carbocycles. The van der Waals surface area contributed by atoms with Crippen LogP contribution in [0.2, 0.25) is 0 Å². The molecule has 84 valence electrons. The van der Waals surface area contributed by atoms with Gasteiger partial charge in [0.25, 0.3) is 0 Å². The van der Waals surface area contributed by atoms with Crippen molar-refractivity contribution in [1.29, 1.82) is 0 Å². The summed E-state index contributed by atoms with van der Waals surface area (Å²) in [6.45, 7) is 1.76. The third kappa shape index (κ3) is 4.91. The summed E-state index contributed by atoms with van der Waals surface area (Å²) in [7, 11) is 0. The van der Waals surface area contributed by atoms with E-state index in [0.717, 1.165) is 25.8 Å². The Morgan fingerprint density at radius 1 is 1.13 bits per heavy atom. The van der Waals surface area contributed by atoms with Gasteiger partial charge in [0.15, 0.2) is 0 Å². The van der Waals surface area contributed by atoms with Gasteiger partial charge in [0.1, 0.15) is 5.82 Å². The minimum absolute atomic E-state index is 0.195. The van der Waals surface area contributed by atoms with Crippen molar-refractivity contribution in [1.82, 2.24) is 0 Å². The summed E-state index contributed by atoms with van der Waals surface area (Å²) in [5.41, 5.74) is 5.99. The van der Waals surface area contributed by atoms with Crippen molar-refractivity contribution < 1.29 is 9.13 Å². The van der Waals surface area contributed by atoms with Gasteiger partial charge in [0.05, 0.1) is 6.61 Å². The Kier molecular flexibility index (Phi) is 5.97. The van der Waals surface area contributed by atoms with Crippen LogP contribution in [0.4, 0.5) is 4.39 Å². The van der Waals surface area contributed by atoms with Gasteiger partial charge in [-0.1, -0.05) is 18.2 Å². The van der Waals surface area contributed by atoms with Crippen LogP contribution in [0.25, 0.3) is 0 Å². The SMILES string of the molecule is NCCCCCOCc1ccccc1F. The third-order valence-electron chi connectivity index (χ3n) is 2.21. The largest absolute Gasteiger partial charge is 0.377 e. The Morgan fingerprint density at radius 3 is 2.67 bits per heavy atom. The molecule has 0 aliphatic heterocycles. The van der Waals surface area contributed by atoms with Crippen molar-refractivity contribution in [2.75, 3.05) is 13.2 Å². The second-order valence-corrected chi connectivity index (χ2v) is 3.49. The zero-order valence-corrected chi connectivity index (χ0v) is 8.92. The highest BCUT2D eigenvalue weighted by Crippen LogP contribution is 2.07. The molecule has 3 heteroatoms. The number of nitrogens with two attached hydrogens (primary N) is 1. The summed E-state index contributed by atoms with van der Waals surface area (Å²) < 4.78 is 18.5. The molecular weight excluding hydrogens is 193 g/mol. The first-order valence-corrected chi connectivity index (χ1v) is 5.36. The highest BCUT2D eigenvalue weighted by Gasteiger charge is 1.99. The van der Waals surface area contributed by atoms with Crippen LogP contribution in [0.5, 0.6) is 0 Å². The molecule has 0 heterocycles. The van der Waals surface area contributed by atoms with Gasteiger partial charge < -0.3 is 10.5 Å². The van der Waals surface area contributed by atoms with Crippen LogP contribution in [0, 0.1) is 5.82 Å². The van der Waals surface area contributed by atoms with Gasteiger partial charge in [-0.2, -0.15) is 0 Å². The molecule has 0 aliphatic carbocycles. The van der Waals surface area contributed by atoms with Gasteiger partial charge in [-0.3, -0.25) is 0 Å². The standard InChI is InChI=1S/C12H18FNO/c13-12-7-3-2-6-11(12)10-15-9-5-1-4-8-14/h2-3,6-7H,1,4-5,8-10,14H2. The second-order valence-electron chi connectivity index (χ2n) is 3.49. The molecule has 0 spiro atoms. The summed E-state index contributed by atoms with van der Waals surface area (Å²) in [4.78, 5) is 0. The molecular formula is C12H18FNO. The maximum absolute atomic E-state index is 13.1. The van der Waals surface area contributed by atoms with E-state index in [-0.39, 0.29) is 5.82 Å². The average Bonchev–Trinajstić information content (AvgIpc) is 2.25. The molecule has 0 amide bonds. The van der Waals surface area contributed by atoms with E-state index in [1.165, 1.54) is 6.07 Å². The number of benzene rings is 1. The maximum Gasteiger partial charge on any atom is 0.128 e. The number of hydrogen-bond donors (Lipinski definition) is 1. The lowest BCUT2D eigenvalue weighted by Crippen LogP contribution is -2.01. The fourth-order valence-corrected chi connectivity index (χ4v) is 1.32. The summed E-state index contributed by atoms with van der Waals surface area (Å²) in [6.07, 6.45) is 3.10. The first-order valence-electron chi connectivity index (χ1n) is 5.36. The Balaban J connectivity index is 2.12. The van der Waals surface area contributed by atoms with E-state index in [9.17, 15) is 4.39 Å². The average molecular weight is 211 g/mol. The molecule has 0 radical (unpaired) electrons. The molecule has 2 N–H and O–H groups in total. The van der Waals surface area contributed by atoms with Crippen LogP contribution < -0.4 is 5.73 Å². The molecule has 0 bridgehead atoms. The van der Waals surface area contributed by atoms with E-state index >= 15 is 0 Å². The van der Waals surface area contributed by atoms with Crippen molar-refractivity contribution in [2.45, 2.75) is 25.9 Å². The quantitative estimate of drug-likeness (QED) is 0.703. The van der Waals surface area contributed by atoms with E-state index < -0.39 is 0 Å². The smallest absolute Gasteiger partial charge is 0.128 e. The fourth-order valence-electron chi connectivity index (χ4n) is 1.32. The number of ether oxygens (including phenoxy) is 1. The number of halogens is 1. The molecule has 0 fully saturated rings. The lowest BCUT2D eigenvalue weighted by molar-refractivity contribution is 0.114. The summed E-state index contributed by atoms with van der Waals surface area (Å²) in [5, 5.41) is 0. The molecule has 0 aliphatic rings. The zero-order valence-electron chi connectivity index (χ0n) is 8.92. The first-order chi connectivity index (χ1) is 7.34. The Hall–Kier alpha value is -0.930. The molecule has 0 aromatic heterocycles. The van der Waals surface area contributed by atoms with Gasteiger partial charge in [-0.25, -0.2) is 4.39 Å². The van der Waals surface area contributed by atoms with Crippen LogP contribution in [0.3, 0.4) is 0 Å². The van der Waals surface area contributed by atoms with Crippen molar-refractivity contribution in [3.63, 3.8) is 0 Å². The summed E-state index contributed by atoms with van der Waals surface area (Å²) in [6, 6.07) is 6.69. The van der Waals surface area contributed by atoms with Crippen LogP contribution in [-0.2, 0) is 11.3 Å². The molecule has 1 aromatic rings. The number of hydrogen-bond acceptors (Lipinski definition) is 2. The predicted octanol–water partition coefficient (Wildman–Crippen LogP) is 2.47. The predicted molar refractivity (Wildman–Crippen MR) is 59.0 cm³/mol. The van der Waals surface area contributed by atoms with Gasteiger partial charge >= 0.3 is 0 Å². The molecule has 1 rings (SSSR count). The van der Waals surface area contributed by atoms with Crippen molar-refractivity contribution >= 4 is 0 Å². The Labute approximate surface area is 90.2 Å². The molecule has 0 saturated carbocycles. The lowest BCUT2D eigenvalue weighted by atomic mass is 10.2. The molecule has 0 saturated heterocycles. The van der Waals surface area contributed by atoms with Gasteiger partial charge in [0, 0.05) is 12.2 Å². The molecule has 15 heavy (non-hydrogen) atoms. The summed E-state index contributed by atoms with van der Waals surface area (Å²) in [5.74, 6) is -0.195. The molecule has 0 unspecified atom stereocenters. The number of rotatable bonds is 7. The van der Waals surface area contributed by atoms with Crippen molar-refractivity contribution in [3.8, 4) is 0 Å². The van der Waals surface area contributed by atoms with Crippen LogP contribution in [0.15, 0.2) is 24.3 Å². The normalized spacial score (nSPS) is 10.5. The van der Waals surface area contributed by atoms with E-state index in [4.69, 9.17) is 10.5 Å². The number of unbranched alkanes of at least 4 members (excludes halogenated alkanes) is 2. The first kappa shape index (κ1) is 12.1. The van der Waals surface area contributed by atoms with Gasteiger partial charge in [-0.15, -0.1) is 0 Å². The minimum Gasteiger partial charge on any atom is -0.377 e. The second kappa shape index (κ2) is 7.37. The van der Waals surface area contributed by atoms with Crippen LogP contribution in [-0.4, -0.2) is 13.2 Å². The maximum atomic E-state index is 13.1. The van der Waals surface area contributed by atoms with E-state index in [1.54, 1.807) is 12.1 Å². The zero-order chi connectivity index (χ0) is 10.9. The van der Waals surface area contributed by atoms with Crippen LogP contribution in [0.1, 0.15) is 24.8 Å². The van der Waals surface area contributed by atoms with E-state index in [0.29, 0.717) is 18.8 Å². The third-order valence-corrected chi connectivity index (χ3v) is 2.21. The van der Waals surface area contributed by atoms with Crippen molar-refractivity contribution in [3.05, 3.63) is 35.6 Å². The van der Waals surface area contributed by atoms with Gasteiger partial charge in [-0.05, 0) is 31.9 Å². The van der Waals surface area contributed by atoms with Crippen molar-refractivity contribution in [2.24, 2.45) is 5.73 Å². The summed E-state index contributed by atoms with van der Waals surface area (Å²) >= 11 is 0. The highest BCUT2D eigenvalue weighted by atomic mass is 19.1. The van der Waals surface area contributed by atoms with E-state index in [1.807, 2.05) is 6.07 Å². The molecule has 2 nitrogen and oxygen atoms in total. The fraction of sp³-hybridized carbons (Fsp3) is 0.500. The monoisotopic (exact) mass is 211 g/mol.